The number of amides is 1. The van der Waals surface area contributed by atoms with Gasteiger partial charge in [0, 0.05) is 17.8 Å². The predicted molar refractivity (Wildman–Crippen MR) is 129 cm³/mol. The lowest BCUT2D eigenvalue weighted by Crippen LogP contribution is -2.27. The SMILES string of the molecule is Cl.O=C(Nc1ccc(-c2nnc(NCCCN3CCCCCC3)o2)cc1)c1ccccc1F. The van der Waals surface area contributed by atoms with Crippen molar-refractivity contribution in [2.45, 2.75) is 32.1 Å². The number of hydrogen-bond acceptors (Lipinski definition) is 6. The summed E-state index contributed by atoms with van der Waals surface area (Å²) in [6.07, 6.45) is 6.31. The van der Waals surface area contributed by atoms with Crippen LogP contribution in [0.25, 0.3) is 11.5 Å². The van der Waals surface area contributed by atoms with Gasteiger partial charge < -0.3 is 20.0 Å². The number of benzene rings is 2. The van der Waals surface area contributed by atoms with Crippen molar-refractivity contribution in [1.29, 1.82) is 0 Å². The third kappa shape index (κ3) is 7.00. The second kappa shape index (κ2) is 12.3. The monoisotopic (exact) mass is 473 g/mol. The number of aromatic nitrogens is 2. The first-order chi connectivity index (χ1) is 15.7. The van der Waals surface area contributed by atoms with Crippen LogP contribution in [0.15, 0.2) is 52.9 Å². The van der Waals surface area contributed by atoms with Crippen LogP contribution in [0.3, 0.4) is 0 Å². The van der Waals surface area contributed by atoms with Crippen LogP contribution in [-0.2, 0) is 0 Å². The smallest absolute Gasteiger partial charge is 0.315 e. The maximum absolute atomic E-state index is 13.8. The lowest BCUT2D eigenvalue weighted by molar-refractivity contribution is 0.102. The fourth-order valence-electron chi connectivity index (χ4n) is 3.81. The third-order valence-electron chi connectivity index (χ3n) is 5.56. The molecule has 0 aliphatic carbocycles. The van der Waals surface area contributed by atoms with Crippen LogP contribution in [0.5, 0.6) is 0 Å². The molecule has 3 aromatic rings. The molecule has 1 saturated heterocycles. The van der Waals surface area contributed by atoms with Gasteiger partial charge in [-0.2, -0.15) is 0 Å². The zero-order valence-electron chi connectivity index (χ0n) is 18.4. The fraction of sp³-hybridized carbons (Fsp3) is 0.375. The van der Waals surface area contributed by atoms with Gasteiger partial charge in [-0.05, 0) is 75.3 Å². The molecule has 0 atom stereocenters. The molecule has 33 heavy (non-hydrogen) atoms. The van der Waals surface area contributed by atoms with Crippen molar-refractivity contribution in [3.8, 4) is 11.5 Å². The van der Waals surface area contributed by atoms with Gasteiger partial charge in [-0.3, -0.25) is 4.79 Å². The summed E-state index contributed by atoms with van der Waals surface area (Å²) >= 11 is 0. The molecule has 0 bridgehead atoms. The van der Waals surface area contributed by atoms with E-state index in [0.717, 1.165) is 25.1 Å². The molecular formula is C24H29ClFN5O2. The highest BCUT2D eigenvalue weighted by Crippen LogP contribution is 2.22. The second-order valence-electron chi connectivity index (χ2n) is 7.96. The van der Waals surface area contributed by atoms with E-state index in [1.54, 1.807) is 36.4 Å². The predicted octanol–water partition coefficient (Wildman–Crippen LogP) is 5.23. The maximum Gasteiger partial charge on any atom is 0.315 e. The van der Waals surface area contributed by atoms with Gasteiger partial charge in [0.2, 0.25) is 5.89 Å². The average Bonchev–Trinajstić information content (AvgIpc) is 3.12. The van der Waals surface area contributed by atoms with E-state index in [1.165, 1.54) is 50.9 Å². The second-order valence-corrected chi connectivity index (χ2v) is 7.96. The summed E-state index contributed by atoms with van der Waals surface area (Å²) < 4.78 is 19.5. The van der Waals surface area contributed by atoms with Crippen molar-refractivity contribution in [1.82, 2.24) is 15.1 Å². The van der Waals surface area contributed by atoms with Gasteiger partial charge in [-0.25, -0.2) is 4.39 Å². The minimum Gasteiger partial charge on any atom is -0.403 e. The number of nitrogens with zero attached hydrogens (tertiary/aromatic N) is 3. The highest BCUT2D eigenvalue weighted by atomic mass is 35.5. The Morgan fingerprint density at radius 2 is 1.73 bits per heavy atom. The third-order valence-corrected chi connectivity index (χ3v) is 5.56. The molecule has 1 aromatic heterocycles. The van der Waals surface area contributed by atoms with Crippen molar-refractivity contribution in [2.24, 2.45) is 0 Å². The van der Waals surface area contributed by atoms with Crippen LogP contribution in [0.4, 0.5) is 16.1 Å². The van der Waals surface area contributed by atoms with E-state index in [1.807, 2.05) is 0 Å². The van der Waals surface area contributed by atoms with Gasteiger partial charge in [-0.1, -0.05) is 30.1 Å². The number of hydrogen-bond donors (Lipinski definition) is 2. The van der Waals surface area contributed by atoms with E-state index >= 15 is 0 Å². The summed E-state index contributed by atoms with van der Waals surface area (Å²) in [6, 6.07) is 13.2. The first kappa shape index (κ1) is 24.7. The van der Waals surface area contributed by atoms with Crippen molar-refractivity contribution in [2.75, 3.05) is 36.8 Å². The van der Waals surface area contributed by atoms with Crippen LogP contribution >= 0.6 is 12.4 Å². The maximum atomic E-state index is 13.8. The summed E-state index contributed by atoms with van der Waals surface area (Å²) in [7, 11) is 0. The quantitative estimate of drug-likeness (QED) is 0.436. The Bertz CT molecular complexity index is 1020. The summed E-state index contributed by atoms with van der Waals surface area (Å²) in [4.78, 5) is 14.8. The standard InChI is InChI=1S/C24H28FN5O2.ClH/c25-21-9-4-3-8-20(21)22(31)27-19-12-10-18(11-13-19)23-28-29-24(32-23)26-14-7-17-30-15-5-1-2-6-16-30;/h3-4,8-13H,1-2,5-7,14-17H2,(H,26,29)(H,27,31);1H. The number of rotatable bonds is 8. The van der Waals surface area contributed by atoms with Crippen molar-refractivity contribution >= 4 is 30.0 Å². The zero-order valence-corrected chi connectivity index (χ0v) is 19.2. The van der Waals surface area contributed by atoms with Crippen molar-refractivity contribution < 1.29 is 13.6 Å². The van der Waals surface area contributed by atoms with E-state index in [2.05, 4.69) is 25.7 Å². The average molecular weight is 474 g/mol. The fourth-order valence-corrected chi connectivity index (χ4v) is 3.81. The van der Waals surface area contributed by atoms with E-state index in [0.29, 0.717) is 17.6 Å². The molecule has 0 spiro atoms. The molecule has 4 rings (SSSR count). The summed E-state index contributed by atoms with van der Waals surface area (Å²) in [5.74, 6) is -0.661. The Morgan fingerprint density at radius 3 is 2.45 bits per heavy atom. The number of likely N-dealkylation sites (tertiary alicyclic amines) is 1. The Balaban J connectivity index is 0.00000306. The summed E-state index contributed by atoms with van der Waals surface area (Å²) in [5.41, 5.74) is 1.28. The molecule has 1 aliphatic rings. The van der Waals surface area contributed by atoms with E-state index < -0.39 is 11.7 Å². The number of carbonyl (C=O) groups excluding carboxylic acids is 1. The van der Waals surface area contributed by atoms with E-state index in [-0.39, 0.29) is 18.0 Å². The van der Waals surface area contributed by atoms with Gasteiger partial charge in [0.05, 0.1) is 5.56 Å². The van der Waals surface area contributed by atoms with E-state index in [4.69, 9.17) is 4.42 Å². The van der Waals surface area contributed by atoms with Crippen LogP contribution in [-0.4, -0.2) is 47.2 Å². The Morgan fingerprint density at radius 1 is 1.00 bits per heavy atom. The largest absolute Gasteiger partial charge is 0.403 e. The molecule has 0 saturated carbocycles. The molecule has 1 aliphatic heterocycles. The van der Waals surface area contributed by atoms with Gasteiger partial charge >= 0.3 is 6.01 Å². The number of halogens is 2. The van der Waals surface area contributed by atoms with Gasteiger partial charge in [-0.15, -0.1) is 17.5 Å². The number of carbonyl (C=O) groups is 1. The van der Waals surface area contributed by atoms with Crippen molar-refractivity contribution in [3.63, 3.8) is 0 Å². The Hall–Kier alpha value is -2.97. The van der Waals surface area contributed by atoms with Crippen molar-refractivity contribution in [3.05, 3.63) is 59.9 Å². The molecule has 2 N–H and O–H groups in total. The van der Waals surface area contributed by atoms with Gasteiger partial charge in [0.15, 0.2) is 0 Å². The molecule has 0 unspecified atom stereocenters. The minimum absolute atomic E-state index is 0. The van der Waals surface area contributed by atoms with Crippen LogP contribution in [0.1, 0.15) is 42.5 Å². The van der Waals surface area contributed by atoms with E-state index in [9.17, 15) is 9.18 Å². The molecular weight excluding hydrogens is 445 g/mol. The molecule has 1 amide bonds. The van der Waals surface area contributed by atoms with Gasteiger partial charge in [0.1, 0.15) is 5.82 Å². The molecule has 2 aromatic carbocycles. The molecule has 1 fully saturated rings. The minimum atomic E-state index is -0.557. The highest BCUT2D eigenvalue weighted by Gasteiger charge is 2.13. The molecule has 7 nitrogen and oxygen atoms in total. The van der Waals surface area contributed by atoms with Gasteiger partial charge in [0.25, 0.3) is 5.91 Å². The molecule has 2 heterocycles. The molecule has 9 heteroatoms. The molecule has 176 valence electrons. The lowest BCUT2D eigenvalue weighted by atomic mass is 10.1. The summed E-state index contributed by atoms with van der Waals surface area (Å²) in [6.45, 7) is 4.25. The number of anilines is 2. The normalized spacial score (nSPS) is 14.2. The Kier molecular flexibility index (Phi) is 9.21. The molecule has 0 radical (unpaired) electrons. The Labute approximate surface area is 199 Å². The topological polar surface area (TPSA) is 83.3 Å². The summed E-state index contributed by atoms with van der Waals surface area (Å²) in [5, 5.41) is 14.0. The first-order valence-electron chi connectivity index (χ1n) is 11.1. The first-order valence-corrected chi connectivity index (χ1v) is 11.1. The number of nitrogens with one attached hydrogen (secondary N) is 2. The zero-order chi connectivity index (χ0) is 22.2. The lowest BCUT2D eigenvalue weighted by Gasteiger charge is -2.19. The van der Waals surface area contributed by atoms with Crippen LogP contribution < -0.4 is 10.6 Å². The highest BCUT2D eigenvalue weighted by molar-refractivity contribution is 6.04. The van der Waals surface area contributed by atoms with Crippen LogP contribution in [0, 0.1) is 5.82 Å². The van der Waals surface area contributed by atoms with Crippen LogP contribution in [0.2, 0.25) is 0 Å².